The van der Waals surface area contributed by atoms with E-state index in [-0.39, 0.29) is 30.6 Å². The van der Waals surface area contributed by atoms with Crippen molar-refractivity contribution in [1.82, 2.24) is 0 Å². The Morgan fingerprint density at radius 2 is 1.09 bits per heavy atom. The fraction of sp³-hybridized carbons (Fsp3) is 0.926. The first-order valence-corrected chi connectivity index (χ1v) is 13.1. The summed E-state index contributed by atoms with van der Waals surface area (Å²) in [5, 5.41) is 17.4. The zero-order chi connectivity index (χ0) is 25.8. The Kier molecular flexibility index (Phi) is 20.9. The summed E-state index contributed by atoms with van der Waals surface area (Å²) in [4.78, 5) is 23.0. The first kappa shape index (κ1) is 34.0. The van der Waals surface area contributed by atoms with Crippen molar-refractivity contribution in [2.45, 2.75) is 132 Å². The molecule has 2 N–H and O–H groups in total. The lowest BCUT2D eigenvalue weighted by atomic mass is 9.91. The highest BCUT2D eigenvalue weighted by atomic mass is 16.5. The average molecular weight is 475 g/mol. The van der Waals surface area contributed by atoms with E-state index < -0.39 is 11.5 Å². The van der Waals surface area contributed by atoms with E-state index in [1.807, 2.05) is 27.7 Å². The van der Waals surface area contributed by atoms with Crippen molar-refractivity contribution in [3.63, 3.8) is 0 Å². The van der Waals surface area contributed by atoms with Crippen LogP contribution in [0.15, 0.2) is 0 Å². The van der Waals surface area contributed by atoms with Gasteiger partial charge < -0.3 is 19.7 Å². The summed E-state index contributed by atoms with van der Waals surface area (Å²) in [5.74, 6) is -0.390. The van der Waals surface area contributed by atoms with Gasteiger partial charge >= 0.3 is 11.9 Å². The van der Waals surface area contributed by atoms with E-state index in [1.165, 1.54) is 57.8 Å². The van der Waals surface area contributed by atoms with Crippen LogP contribution in [0.2, 0.25) is 0 Å². The van der Waals surface area contributed by atoms with Crippen LogP contribution in [0, 0.1) is 10.8 Å². The van der Waals surface area contributed by atoms with Crippen LogP contribution in [0.5, 0.6) is 0 Å². The van der Waals surface area contributed by atoms with Gasteiger partial charge in [-0.15, -0.1) is 0 Å². The van der Waals surface area contributed by atoms with Gasteiger partial charge in [0.25, 0.3) is 0 Å². The predicted molar refractivity (Wildman–Crippen MR) is 135 cm³/mol. The van der Waals surface area contributed by atoms with Crippen molar-refractivity contribution >= 4 is 11.9 Å². The van der Waals surface area contributed by atoms with Crippen LogP contribution in [0.3, 0.4) is 0 Å². The zero-order valence-electron chi connectivity index (χ0n) is 22.7. The van der Waals surface area contributed by atoms with Crippen LogP contribution in [-0.4, -0.2) is 48.1 Å². The van der Waals surface area contributed by atoms with Gasteiger partial charge in [-0.3, -0.25) is 9.59 Å². The molecule has 0 saturated heterocycles. The third-order valence-electron chi connectivity index (χ3n) is 6.22. The predicted octanol–water partition coefficient (Wildman–Crippen LogP) is 6.21. The molecule has 1 unspecified atom stereocenters. The summed E-state index contributed by atoms with van der Waals surface area (Å²) in [7, 11) is 0. The number of hydrogen-bond donors (Lipinski definition) is 2. The van der Waals surface area contributed by atoms with E-state index in [0.717, 1.165) is 12.8 Å². The minimum atomic E-state index is -0.975. The fourth-order valence-electron chi connectivity index (χ4n) is 2.66. The summed E-state index contributed by atoms with van der Waals surface area (Å²) in [5.41, 5.74) is -0.840. The summed E-state index contributed by atoms with van der Waals surface area (Å²) < 4.78 is 10.1. The molecule has 0 aromatic carbocycles. The van der Waals surface area contributed by atoms with E-state index in [4.69, 9.17) is 19.7 Å². The number of ether oxygens (including phenoxy) is 2. The molecule has 0 aromatic heterocycles. The summed E-state index contributed by atoms with van der Waals surface area (Å²) in [6.07, 6.45) is 13.6. The Labute approximate surface area is 203 Å². The molecule has 0 bridgehead atoms. The van der Waals surface area contributed by atoms with Gasteiger partial charge in [0.15, 0.2) is 0 Å². The molecule has 6 heteroatoms. The molecule has 0 saturated carbocycles. The lowest BCUT2D eigenvalue weighted by Crippen LogP contribution is -2.30. The van der Waals surface area contributed by atoms with E-state index in [2.05, 4.69) is 6.92 Å². The van der Waals surface area contributed by atoms with Gasteiger partial charge in [0, 0.05) is 0 Å². The number of carbonyl (C=O) groups excluding carboxylic acids is 2. The van der Waals surface area contributed by atoms with Gasteiger partial charge in [-0.05, 0) is 47.0 Å². The average Bonchev–Trinajstić information content (AvgIpc) is 2.80. The van der Waals surface area contributed by atoms with Gasteiger partial charge in [0.2, 0.25) is 0 Å². The molecule has 0 aliphatic heterocycles. The molecule has 6 nitrogen and oxygen atoms in total. The number of hydrogen-bond acceptors (Lipinski definition) is 6. The molecule has 0 amide bonds. The Morgan fingerprint density at radius 3 is 1.48 bits per heavy atom. The Balaban J connectivity index is 0. The van der Waals surface area contributed by atoms with Crippen molar-refractivity contribution < 1.29 is 29.3 Å². The molecule has 0 rings (SSSR count). The quantitative estimate of drug-likeness (QED) is 0.181. The van der Waals surface area contributed by atoms with E-state index in [1.54, 1.807) is 13.8 Å². The third-order valence-corrected chi connectivity index (χ3v) is 6.22. The van der Waals surface area contributed by atoms with Crippen molar-refractivity contribution in [2.75, 3.05) is 19.8 Å². The molecule has 0 fully saturated rings. The molecule has 0 aliphatic rings. The van der Waals surface area contributed by atoms with Gasteiger partial charge in [0.1, 0.15) is 12.7 Å². The van der Waals surface area contributed by atoms with Gasteiger partial charge in [-0.25, -0.2) is 0 Å². The number of esters is 2. The van der Waals surface area contributed by atoms with E-state index in [9.17, 15) is 9.59 Å². The Bertz CT molecular complexity index is 487. The maximum Gasteiger partial charge on any atom is 0.311 e. The molecule has 0 radical (unpaired) electrons. The number of carbonyl (C=O) groups is 2. The highest BCUT2D eigenvalue weighted by Gasteiger charge is 2.27. The highest BCUT2D eigenvalue weighted by Crippen LogP contribution is 2.22. The lowest BCUT2D eigenvalue weighted by molar-refractivity contribution is -0.157. The minimum Gasteiger partial charge on any atom is -0.465 e. The third kappa shape index (κ3) is 18.9. The topological polar surface area (TPSA) is 93.1 Å². The SMILES string of the molecule is CCC(C)(C)C(=O)OCC(O)CO.CCCCCCCCCCCCOC(=O)C(C)(C)CC. The van der Waals surface area contributed by atoms with Crippen LogP contribution in [0.25, 0.3) is 0 Å². The molecular formula is C27H54O6. The smallest absolute Gasteiger partial charge is 0.311 e. The molecule has 0 spiro atoms. The molecule has 1 atom stereocenters. The number of aliphatic hydroxyl groups excluding tert-OH is 2. The van der Waals surface area contributed by atoms with Crippen LogP contribution in [0.1, 0.15) is 126 Å². The molecular weight excluding hydrogens is 420 g/mol. The Hall–Kier alpha value is -1.14. The monoisotopic (exact) mass is 474 g/mol. The summed E-state index contributed by atoms with van der Waals surface area (Å²) in [6.45, 7) is 13.7. The van der Waals surface area contributed by atoms with Crippen LogP contribution in [-0.2, 0) is 19.1 Å². The van der Waals surface area contributed by atoms with Crippen LogP contribution >= 0.6 is 0 Å². The maximum absolute atomic E-state index is 11.7. The van der Waals surface area contributed by atoms with Crippen molar-refractivity contribution in [3.8, 4) is 0 Å². The van der Waals surface area contributed by atoms with Crippen molar-refractivity contribution in [1.29, 1.82) is 0 Å². The van der Waals surface area contributed by atoms with E-state index in [0.29, 0.717) is 13.0 Å². The zero-order valence-corrected chi connectivity index (χ0v) is 22.7. The number of aliphatic hydroxyl groups is 2. The van der Waals surface area contributed by atoms with Crippen LogP contribution < -0.4 is 0 Å². The van der Waals surface area contributed by atoms with Crippen molar-refractivity contribution in [2.24, 2.45) is 10.8 Å². The molecule has 0 aliphatic carbocycles. The fourth-order valence-corrected chi connectivity index (χ4v) is 2.66. The second kappa shape index (κ2) is 20.3. The standard InChI is InChI=1S/C18H36O2.C9H18O4/c1-5-7-8-9-10-11-12-13-14-15-16-20-17(19)18(3,4)6-2;1-4-9(2,3)8(12)13-6-7(11)5-10/h5-16H2,1-4H3;7,10-11H,4-6H2,1-3H3. The van der Waals surface area contributed by atoms with Gasteiger partial charge in [0.05, 0.1) is 24.0 Å². The summed E-state index contributed by atoms with van der Waals surface area (Å²) in [6, 6.07) is 0. The largest absolute Gasteiger partial charge is 0.465 e. The second-order valence-electron chi connectivity index (χ2n) is 10.2. The highest BCUT2D eigenvalue weighted by molar-refractivity contribution is 5.76. The van der Waals surface area contributed by atoms with Crippen LogP contribution in [0.4, 0.5) is 0 Å². The maximum atomic E-state index is 11.7. The number of unbranched alkanes of at least 4 members (excludes halogenated alkanes) is 9. The molecule has 33 heavy (non-hydrogen) atoms. The molecule has 0 heterocycles. The van der Waals surface area contributed by atoms with Crippen molar-refractivity contribution in [3.05, 3.63) is 0 Å². The number of rotatable bonds is 18. The first-order valence-electron chi connectivity index (χ1n) is 13.1. The van der Waals surface area contributed by atoms with Gasteiger partial charge in [-0.2, -0.15) is 0 Å². The molecule has 198 valence electrons. The second-order valence-corrected chi connectivity index (χ2v) is 10.2. The van der Waals surface area contributed by atoms with Gasteiger partial charge in [-0.1, -0.05) is 78.6 Å². The first-order chi connectivity index (χ1) is 15.5. The minimum absolute atomic E-state index is 0.0454. The van der Waals surface area contributed by atoms with E-state index >= 15 is 0 Å². The summed E-state index contributed by atoms with van der Waals surface area (Å²) >= 11 is 0. The normalized spacial score (nSPS) is 12.5. The molecule has 0 aromatic rings. The lowest BCUT2D eigenvalue weighted by Gasteiger charge is -2.21. The Morgan fingerprint density at radius 1 is 0.697 bits per heavy atom.